The van der Waals surface area contributed by atoms with Crippen molar-refractivity contribution in [3.8, 4) is 5.75 Å². The van der Waals surface area contributed by atoms with E-state index in [1.807, 2.05) is 24.3 Å². The van der Waals surface area contributed by atoms with E-state index in [0.29, 0.717) is 39.1 Å². The molecule has 1 aliphatic heterocycles. The third-order valence-electron chi connectivity index (χ3n) is 4.31. The van der Waals surface area contributed by atoms with Gasteiger partial charge in [0.15, 0.2) is 0 Å². The van der Waals surface area contributed by atoms with Crippen LogP contribution in [-0.2, 0) is 9.59 Å². The predicted molar refractivity (Wildman–Crippen MR) is 95.7 cm³/mol. The lowest BCUT2D eigenvalue weighted by Crippen LogP contribution is -2.52. The van der Waals surface area contributed by atoms with Crippen LogP contribution in [0.3, 0.4) is 0 Å². The molecule has 7 nitrogen and oxygen atoms in total. The lowest BCUT2D eigenvalue weighted by atomic mass is 10.2. The van der Waals surface area contributed by atoms with E-state index < -0.39 is 11.8 Å². The molecule has 1 heterocycles. The number of hydrogen-bond donors (Lipinski definition) is 2. The lowest BCUT2D eigenvalue weighted by Gasteiger charge is -2.36. The monoisotopic (exact) mass is 349 g/mol. The Bertz CT molecular complexity index is 571. The summed E-state index contributed by atoms with van der Waals surface area (Å²) in [5, 5.41) is 11.4. The van der Waals surface area contributed by atoms with Crippen LogP contribution in [0, 0.1) is 0 Å². The molecule has 0 saturated carbocycles. The smallest absolute Gasteiger partial charge is 0.312 e. The molecule has 0 spiro atoms. The van der Waals surface area contributed by atoms with Gasteiger partial charge in [0.2, 0.25) is 0 Å². The van der Waals surface area contributed by atoms with Crippen molar-refractivity contribution in [2.45, 2.75) is 19.3 Å². The molecular weight excluding hydrogens is 322 g/mol. The quantitative estimate of drug-likeness (QED) is 0.557. The molecule has 0 radical (unpaired) electrons. The summed E-state index contributed by atoms with van der Waals surface area (Å²) >= 11 is 0. The van der Waals surface area contributed by atoms with Gasteiger partial charge in [-0.05, 0) is 31.4 Å². The summed E-state index contributed by atoms with van der Waals surface area (Å²) in [6.07, 6.45) is 2.32. The SMILES string of the molecule is COc1ccccc1N1CCN(C(=O)C(=O)NCCCCCO)CC1. The van der Waals surface area contributed by atoms with Gasteiger partial charge in [-0.2, -0.15) is 0 Å². The molecule has 1 aromatic carbocycles. The molecule has 0 bridgehead atoms. The highest BCUT2D eigenvalue weighted by molar-refractivity contribution is 6.35. The first-order chi connectivity index (χ1) is 12.2. The number of aliphatic hydroxyl groups is 1. The zero-order chi connectivity index (χ0) is 18.1. The van der Waals surface area contributed by atoms with E-state index in [0.717, 1.165) is 24.3 Å². The molecule has 25 heavy (non-hydrogen) atoms. The minimum absolute atomic E-state index is 0.156. The number of para-hydroxylation sites is 2. The van der Waals surface area contributed by atoms with Crippen LogP contribution in [0.25, 0.3) is 0 Å². The average Bonchev–Trinajstić information content (AvgIpc) is 2.67. The van der Waals surface area contributed by atoms with Crippen LogP contribution < -0.4 is 15.0 Å². The van der Waals surface area contributed by atoms with E-state index in [1.165, 1.54) is 0 Å². The summed E-state index contributed by atoms with van der Waals surface area (Å²) in [5.74, 6) is -0.209. The number of nitrogens with one attached hydrogen (secondary N) is 1. The fraction of sp³-hybridized carbons (Fsp3) is 0.556. The van der Waals surface area contributed by atoms with Crippen molar-refractivity contribution >= 4 is 17.5 Å². The Morgan fingerprint density at radius 2 is 1.84 bits per heavy atom. The summed E-state index contributed by atoms with van der Waals surface area (Å²) < 4.78 is 5.38. The number of nitrogens with zero attached hydrogens (tertiary/aromatic N) is 2. The number of carbonyl (C=O) groups is 2. The molecule has 1 aromatic rings. The second-order valence-corrected chi connectivity index (χ2v) is 5.99. The lowest BCUT2D eigenvalue weighted by molar-refractivity contribution is -0.146. The summed E-state index contributed by atoms with van der Waals surface area (Å²) in [5.41, 5.74) is 1.01. The van der Waals surface area contributed by atoms with Gasteiger partial charge in [0.1, 0.15) is 5.75 Å². The highest BCUT2D eigenvalue weighted by Gasteiger charge is 2.26. The highest BCUT2D eigenvalue weighted by atomic mass is 16.5. The van der Waals surface area contributed by atoms with Crippen LogP contribution in [0.4, 0.5) is 5.69 Å². The summed E-state index contributed by atoms with van der Waals surface area (Å²) in [6, 6.07) is 7.79. The Labute approximate surface area is 148 Å². The average molecular weight is 349 g/mol. The third kappa shape index (κ3) is 5.35. The topological polar surface area (TPSA) is 82.1 Å². The van der Waals surface area contributed by atoms with Crippen molar-refractivity contribution in [3.05, 3.63) is 24.3 Å². The maximum Gasteiger partial charge on any atom is 0.312 e. The summed E-state index contributed by atoms with van der Waals surface area (Å²) in [7, 11) is 1.64. The number of ether oxygens (including phenoxy) is 1. The Hall–Kier alpha value is -2.28. The van der Waals surface area contributed by atoms with Crippen LogP contribution in [0.1, 0.15) is 19.3 Å². The molecule has 7 heteroatoms. The maximum absolute atomic E-state index is 12.2. The predicted octanol–water partition coefficient (Wildman–Crippen LogP) is 0.623. The van der Waals surface area contributed by atoms with Gasteiger partial charge in [-0.15, -0.1) is 0 Å². The van der Waals surface area contributed by atoms with Crippen molar-refractivity contribution in [1.82, 2.24) is 10.2 Å². The van der Waals surface area contributed by atoms with E-state index in [-0.39, 0.29) is 6.61 Å². The van der Waals surface area contributed by atoms with Crippen LogP contribution in [-0.4, -0.2) is 68.3 Å². The number of carbonyl (C=O) groups excluding carboxylic acids is 2. The Balaban J connectivity index is 1.79. The molecule has 1 aliphatic rings. The van der Waals surface area contributed by atoms with E-state index in [4.69, 9.17) is 9.84 Å². The third-order valence-corrected chi connectivity index (χ3v) is 4.31. The fourth-order valence-corrected chi connectivity index (χ4v) is 2.88. The zero-order valence-corrected chi connectivity index (χ0v) is 14.7. The largest absolute Gasteiger partial charge is 0.495 e. The van der Waals surface area contributed by atoms with Gasteiger partial charge in [0, 0.05) is 39.3 Å². The molecule has 138 valence electrons. The molecule has 2 rings (SSSR count). The molecule has 1 fully saturated rings. The normalized spacial score (nSPS) is 14.3. The molecule has 2 amide bonds. The standard InChI is InChI=1S/C18H27N3O4/c1-25-16-8-4-3-7-15(16)20-10-12-21(13-11-20)18(24)17(23)19-9-5-2-6-14-22/h3-4,7-8,22H,2,5-6,9-14H2,1H3,(H,19,23). The number of piperazine rings is 1. The van der Waals surface area contributed by atoms with Gasteiger partial charge in [-0.25, -0.2) is 0 Å². The molecule has 0 aliphatic carbocycles. The number of anilines is 1. The minimum Gasteiger partial charge on any atom is -0.495 e. The zero-order valence-electron chi connectivity index (χ0n) is 14.7. The van der Waals surface area contributed by atoms with Crippen LogP contribution in [0.15, 0.2) is 24.3 Å². The van der Waals surface area contributed by atoms with Gasteiger partial charge in [0.25, 0.3) is 0 Å². The minimum atomic E-state index is -0.547. The number of unbranched alkanes of at least 4 members (excludes halogenated alkanes) is 2. The second kappa shape index (κ2) is 9.88. The number of amides is 2. The number of rotatable bonds is 7. The van der Waals surface area contributed by atoms with E-state index in [1.54, 1.807) is 12.0 Å². The Kier molecular flexibility index (Phi) is 7.53. The number of aliphatic hydroxyl groups excluding tert-OH is 1. The summed E-state index contributed by atoms with van der Waals surface area (Å²) in [4.78, 5) is 27.9. The van der Waals surface area contributed by atoms with Gasteiger partial charge >= 0.3 is 11.8 Å². The van der Waals surface area contributed by atoms with E-state index in [2.05, 4.69) is 10.2 Å². The van der Waals surface area contributed by atoms with Crippen molar-refractivity contribution in [2.75, 3.05) is 51.3 Å². The van der Waals surface area contributed by atoms with Gasteiger partial charge in [-0.1, -0.05) is 12.1 Å². The van der Waals surface area contributed by atoms with E-state index >= 15 is 0 Å². The number of hydrogen-bond acceptors (Lipinski definition) is 5. The van der Waals surface area contributed by atoms with Crippen molar-refractivity contribution in [2.24, 2.45) is 0 Å². The molecule has 1 saturated heterocycles. The van der Waals surface area contributed by atoms with Crippen LogP contribution in [0.2, 0.25) is 0 Å². The number of benzene rings is 1. The van der Waals surface area contributed by atoms with Crippen molar-refractivity contribution in [3.63, 3.8) is 0 Å². The van der Waals surface area contributed by atoms with E-state index in [9.17, 15) is 9.59 Å². The first-order valence-electron chi connectivity index (χ1n) is 8.73. The molecule has 0 unspecified atom stereocenters. The Morgan fingerprint density at radius 1 is 1.12 bits per heavy atom. The second-order valence-electron chi connectivity index (χ2n) is 5.99. The molecule has 0 atom stereocenters. The number of methoxy groups -OCH3 is 1. The molecule has 2 N–H and O–H groups in total. The summed E-state index contributed by atoms with van der Waals surface area (Å²) in [6.45, 7) is 2.96. The first-order valence-corrected chi connectivity index (χ1v) is 8.73. The first kappa shape index (κ1) is 19.1. The van der Waals surface area contributed by atoms with Crippen LogP contribution in [0.5, 0.6) is 5.75 Å². The van der Waals surface area contributed by atoms with Crippen molar-refractivity contribution < 1.29 is 19.4 Å². The van der Waals surface area contributed by atoms with Gasteiger partial charge in [0.05, 0.1) is 12.8 Å². The molecule has 0 aromatic heterocycles. The Morgan fingerprint density at radius 3 is 2.52 bits per heavy atom. The highest BCUT2D eigenvalue weighted by Crippen LogP contribution is 2.28. The van der Waals surface area contributed by atoms with Gasteiger partial charge in [-0.3, -0.25) is 9.59 Å². The van der Waals surface area contributed by atoms with Gasteiger partial charge < -0.3 is 25.0 Å². The van der Waals surface area contributed by atoms with Crippen molar-refractivity contribution in [1.29, 1.82) is 0 Å². The molecular formula is C18H27N3O4. The maximum atomic E-state index is 12.2. The van der Waals surface area contributed by atoms with Crippen LogP contribution >= 0.6 is 0 Å². The fourth-order valence-electron chi connectivity index (χ4n) is 2.88.